The number of nitrogens with one attached hydrogen (secondary N) is 1. The molecule has 0 saturated heterocycles. The fraction of sp³-hybridized carbons (Fsp3) is 0.562. The van der Waals surface area contributed by atoms with Crippen LogP contribution in [0, 0.1) is 0 Å². The third-order valence-corrected chi connectivity index (χ3v) is 2.89. The van der Waals surface area contributed by atoms with Gasteiger partial charge in [-0.1, -0.05) is 0 Å². The Hall–Kier alpha value is -2.11. The number of hydrogen-bond acceptors (Lipinski definition) is 4. The first kappa shape index (κ1) is 17.9. The number of carbonyl (C=O) groups is 2. The Morgan fingerprint density at radius 3 is 2.50 bits per heavy atom. The van der Waals surface area contributed by atoms with Gasteiger partial charge in [0.2, 0.25) is 0 Å². The highest BCUT2D eigenvalue weighted by Crippen LogP contribution is 2.08. The molecule has 0 radical (unpaired) electrons. The van der Waals surface area contributed by atoms with E-state index < -0.39 is 23.7 Å². The van der Waals surface area contributed by atoms with Crippen molar-refractivity contribution in [2.75, 3.05) is 0 Å². The zero-order valence-electron chi connectivity index (χ0n) is 13.8. The summed E-state index contributed by atoms with van der Waals surface area (Å²) in [6.45, 7) is 9.19. The quantitative estimate of drug-likeness (QED) is 0.813. The van der Waals surface area contributed by atoms with Crippen LogP contribution < -0.4 is 15.0 Å². The first-order chi connectivity index (χ1) is 10.1. The first-order valence-corrected chi connectivity index (χ1v) is 7.28. The van der Waals surface area contributed by atoms with Crippen LogP contribution in [-0.2, 0) is 16.0 Å². The summed E-state index contributed by atoms with van der Waals surface area (Å²) in [7, 11) is 0. The van der Waals surface area contributed by atoms with Crippen molar-refractivity contribution < 1.29 is 24.0 Å². The van der Waals surface area contributed by atoms with Gasteiger partial charge < -0.3 is 20.0 Å². The predicted octanol–water partition coefficient (Wildman–Crippen LogP) is 0.741. The van der Waals surface area contributed by atoms with Crippen LogP contribution in [0.1, 0.15) is 46.2 Å². The van der Waals surface area contributed by atoms with Gasteiger partial charge in [-0.25, -0.2) is 9.36 Å². The van der Waals surface area contributed by atoms with Crippen LogP contribution in [0.2, 0.25) is 0 Å². The van der Waals surface area contributed by atoms with E-state index in [1.807, 2.05) is 42.9 Å². The maximum absolute atomic E-state index is 11.7. The summed E-state index contributed by atoms with van der Waals surface area (Å²) >= 11 is 0. The summed E-state index contributed by atoms with van der Waals surface area (Å²) in [6, 6.07) is 2.78. The number of rotatable bonds is 5. The molecule has 0 aliphatic heterocycles. The van der Waals surface area contributed by atoms with Gasteiger partial charge in [0.1, 0.15) is 5.60 Å². The third kappa shape index (κ3) is 6.11. The minimum atomic E-state index is -1.34. The molecule has 0 fully saturated rings. The van der Waals surface area contributed by atoms with Gasteiger partial charge in [-0.2, -0.15) is 0 Å². The minimum absolute atomic E-state index is 0.134. The lowest BCUT2D eigenvalue weighted by molar-refractivity contribution is -0.716. The van der Waals surface area contributed by atoms with Gasteiger partial charge in [0.05, 0.1) is 12.0 Å². The van der Waals surface area contributed by atoms with Gasteiger partial charge in [-0.3, -0.25) is 0 Å². The SMILES string of the molecule is CC(C)[n+]1cccc(C[C@@H](NC(=O)OC(C)(C)C)C(=O)[O-])c1. The number of alkyl carbamates (subject to hydrolysis) is 1. The van der Waals surface area contributed by atoms with Crippen LogP contribution in [0.25, 0.3) is 0 Å². The number of amides is 1. The van der Waals surface area contributed by atoms with Gasteiger partial charge in [-0.05, 0) is 40.7 Å². The number of carbonyl (C=O) groups excluding carboxylic acids is 2. The van der Waals surface area contributed by atoms with E-state index in [2.05, 4.69) is 5.32 Å². The highest BCUT2D eigenvalue weighted by atomic mass is 16.6. The van der Waals surface area contributed by atoms with Crippen molar-refractivity contribution in [3.63, 3.8) is 0 Å². The van der Waals surface area contributed by atoms with E-state index in [1.165, 1.54) is 0 Å². The molecule has 6 nitrogen and oxygen atoms in total. The standard InChI is InChI=1S/C16H24N2O4/c1-11(2)18-8-6-7-12(10-18)9-13(14(19)20)17-15(21)22-16(3,4)5/h6-8,10-11,13H,9H2,1-5H3,(H-,17,19,20,21)/t13-/m1/s1. The highest BCUT2D eigenvalue weighted by Gasteiger charge is 2.21. The van der Waals surface area contributed by atoms with Crippen LogP contribution >= 0.6 is 0 Å². The van der Waals surface area contributed by atoms with Crippen molar-refractivity contribution in [1.29, 1.82) is 0 Å². The zero-order chi connectivity index (χ0) is 16.9. The van der Waals surface area contributed by atoms with Gasteiger partial charge in [0.15, 0.2) is 18.4 Å². The summed E-state index contributed by atoms with van der Waals surface area (Å²) in [5.74, 6) is -1.34. The molecule has 122 valence electrons. The van der Waals surface area contributed by atoms with Gasteiger partial charge in [-0.15, -0.1) is 0 Å². The largest absolute Gasteiger partial charge is 0.548 e. The van der Waals surface area contributed by atoms with Gasteiger partial charge in [0.25, 0.3) is 0 Å². The molecular weight excluding hydrogens is 284 g/mol. The molecule has 0 spiro atoms. The molecule has 0 saturated carbocycles. The Morgan fingerprint density at radius 1 is 1.36 bits per heavy atom. The molecule has 1 aromatic heterocycles. The lowest BCUT2D eigenvalue weighted by Crippen LogP contribution is -2.50. The molecular formula is C16H24N2O4. The Morgan fingerprint density at radius 2 is 2.00 bits per heavy atom. The molecule has 1 aromatic rings. The average molecular weight is 308 g/mol. The van der Waals surface area contributed by atoms with E-state index in [0.717, 1.165) is 5.56 Å². The molecule has 1 heterocycles. The number of aliphatic carboxylic acids is 1. The van der Waals surface area contributed by atoms with E-state index in [1.54, 1.807) is 20.8 Å². The van der Waals surface area contributed by atoms with E-state index in [4.69, 9.17) is 4.74 Å². The third-order valence-electron chi connectivity index (χ3n) is 2.89. The number of aromatic nitrogens is 1. The van der Waals surface area contributed by atoms with E-state index in [-0.39, 0.29) is 12.5 Å². The molecule has 0 aliphatic carbocycles. The Balaban J connectivity index is 2.79. The van der Waals surface area contributed by atoms with Crippen molar-refractivity contribution in [3.05, 3.63) is 30.1 Å². The molecule has 0 aliphatic rings. The zero-order valence-corrected chi connectivity index (χ0v) is 13.8. The number of pyridine rings is 1. The summed E-state index contributed by atoms with van der Waals surface area (Å²) in [4.78, 5) is 22.9. The van der Waals surface area contributed by atoms with E-state index in [0.29, 0.717) is 0 Å². The van der Waals surface area contributed by atoms with Crippen molar-refractivity contribution in [1.82, 2.24) is 5.32 Å². The number of nitrogens with zero attached hydrogens (tertiary/aromatic N) is 1. The molecule has 1 atom stereocenters. The van der Waals surface area contributed by atoms with Crippen molar-refractivity contribution >= 4 is 12.1 Å². The lowest BCUT2D eigenvalue weighted by Gasteiger charge is -2.24. The summed E-state index contributed by atoms with van der Waals surface area (Å²) in [5, 5.41) is 13.6. The Kier molecular flexibility index (Phi) is 5.91. The van der Waals surface area contributed by atoms with Gasteiger partial charge in [0, 0.05) is 18.1 Å². The maximum atomic E-state index is 11.7. The second-order valence-electron chi connectivity index (χ2n) is 6.48. The van der Waals surface area contributed by atoms with Crippen LogP contribution in [0.4, 0.5) is 4.79 Å². The van der Waals surface area contributed by atoms with Crippen LogP contribution in [-0.4, -0.2) is 23.7 Å². The van der Waals surface area contributed by atoms with Crippen molar-refractivity contribution in [2.45, 2.75) is 58.7 Å². The van der Waals surface area contributed by atoms with Crippen LogP contribution in [0.15, 0.2) is 24.5 Å². The lowest BCUT2D eigenvalue weighted by atomic mass is 10.1. The fourth-order valence-electron chi connectivity index (χ4n) is 1.86. The van der Waals surface area contributed by atoms with E-state index >= 15 is 0 Å². The molecule has 1 amide bonds. The molecule has 0 bridgehead atoms. The summed E-state index contributed by atoms with van der Waals surface area (Å²) in [6.07, 6.45) is 3.13. The highest BCUT2D eigenvalue weighted by molar-refractivity contribution is 5.79. The topological polar surface area (TPSA) is 82.3 Å². The first-order valence-electron chi connectivity index (χ1n) is 7.28. The molecule has 6 heteroatoms. The molecule has 1 rings (SSSR count). The normalized spacial score (nSPS) is 12.8. The summed E-state index contributed by atoms with van der Waals surface area (Å²) < 4.78 is 7.04. The van der Waals surface area contributed by atoms with Gasteiger partial charge >= 0.3 is 6.09 Å². The average Bonchev–Trinajstić information content (AvgIpc) is 2.35. The Labute approximate surface area is 131 Å². The monoisotopic (exact) mass is 308 g/mol. The van der Waals surface area contributed by atoms with Crippen molar-refractivity contribution in [3.8, 4) is 0 Å². The number of carboxylic acid groups (broad SMARTS) is 1. The van der Waals surface area contributed by atoms with Crippen LogP contribution in [0.5, 0.6) is 0 Å². The predicted molar refractivity (Wildman–Crippen MR) is 78.9 cm³/mol. The van der Waals surface area contributed by atoms with Crippen LogP contribution in [0.3, 0.4) is 0 Å². The van der Waals surface area contributed by atoms with Crippen molar-refractivity contribution in [2.24, 2.45) is 0 Å². The molecule has 1 N–H and O–H groups in total. The molecule has 0 aromatic carbocycles. The minimum Gasteiger partial charge on any atom is -0.548 e. The summed E-state index contributed by atoms with van der Waals surface area (Å²) in [5.41, 5.74) is 0.106. The fourth-order valence-corrected chi connectivity index (χ4v) is 1.86. The number of ether oxygens (including phenoxy) is 1. The second kappa shape index (κ2) is 7.24. The maximum Gasteiger partial charge on any atom is 0.408 e. The Bertz CT molecular complexity index is 535. The molecule has 0 unspecified atom stereocenters. The number of hydrogen-bond donors (Lipinski definition) is 1. The molecule has 22 heavy (non-hydrogen) atoms. The smallest absolute Gasteiger partial charge is 0.408 e. The second-order valence-corrected chi connectivity index (χ2v) is 6.48. The number of carboxylic acids is 1. The van der Waals surface area contributed by atoms with E-state index in [9.17, 15) is 14.7 Å².